The summed E-state index contributed by atoms with van der Waals surface area (Å²) in [5, 5.41) is 0. The number of likely N-dealkylation sites (tertiary alicyclic amines) is 1. The first-order valence-electron chi connectivity index (χ1n) is 7.78. The van der Waals surface area contributed by atoms with Crippen molar-refractivity contribution in [1.29, 1.82) is 0 Å². The van der Waals surface area contributed by atoms with Gasteiger partial charge >= 0.3 is 0 Å². The normalized spacial score (nSPS) is 21.2. The van der Waals surface area contributed by atoms with Crippen molar-refractivity contribution in [2.45, 2.75) is 46.5 Å². The van der Waals surface area contributed by atoms with Crippen LogP contribution in [0.1, 0.15) is 46.5 Å². The molecule has 2 aliphatic rings. The van der Waals surface area contributed by atoms with E-state index in [-0.39, 0.29) is 11.8 Å². The summed E-state index contributed by atoms with van der Waals surface area (Å²) >= 11 is 0. The summed E-state index contributed by atoms with van der Waals surface area (Å²) in [4.78, 5) is 21.4. The smallest absolute Gasteiger partial charge is 0.232 e. The number of carbonyl (C=O) groups is 1. The highest BCUT2D eigenvalue weighted by molar-refractivity contribution is 5.99. The van der Waals surface area contributed by atoms with Gasteiger partial charge in [0, 0.05) is 25.6 Å². The fourth-order valence-electron chi connectivity index (χ4n) is 2.98. The molecule has 0 aromatic carbocycles. The number of hydrogen-bond donors (Lipinski definition) is 0. The van der Waals surface area contributed by atoms with E-state index in [1.165, 1.54) is 12.8 Å². The molecule has 0 aliphatic carbocycles. The number of carbonyl (C=O) groups excluding carboxylic acids is 1. The third-order valence-corrected chi connectivity index (χ3v) is 4.49. The number of amides is 1. The molecule has 1 fully saturated rings. The number of nitrogens with zero attached hydrogens (tertiary/aromatic N) is 3. The molecule has 2 aliphatic heterocycles. The lowest BCUT2D eigenvalue weighted by atomic mass is 9.99. The van der Waals surface area contributed by atoms with Crippen LogP contribution in [-0.2, 0) is 4.79 Å². The van der Waals surface area contributed by atoms with Gasteiger partial charge in [-0.25, -0.2) is 0 Å². The van der Waals surface area contributed by atoms with Crippen LogP contribution in [-0.4, -0.2) is 47.8 Å². The van der Waals surface area contributed by atoms with E-state index in [2.05, 4.69) is 30.7 Å². The second kappa shape index (κ2) is 6.40. The van der Waals surface area contributed by atoms with Crippen molar-refractivity contribution >= 4 is 11.9 Å². The fraction of sp³-hybridized carbons (Fsp3) is 0.867. The SMILES string of the molecule is CCC(CC)C(=O)N1CCN=C1N1CCC(C)CC1. The second-order valence-corrected chi connectivity index (χ2v) is 5.85. The number of hydrogen-bond acceptors (Lipinski definition) is 3. The summed E-state index contributed by atoms with van der Waals surface area (Å²) in [7, 11) is 0. The van der Waals surface area contributed by atoms with Crippen LogP contribution in [0.25, 0.3) is 0 Å². The topological polar surface area (TPSA) is 35.9 Å². The molecule has 4 nitrogen and oxygen atoms in total. The molecule has 0 N–H and O–H groups in total. The average Bonchev–Trinajstić information content (AvgIpc) is 2.90. The Morgan fingerprint density at radius 2 is 1.89 bits per heavy atom. The fourth-order valence-corrected chi connectivity index (χ4v) is 2.98. The van der Waals surface area contributed by atoms with Crippen LogP contribution >= 0.6 is 0 Å². The Morgan fingerprint density at radius 3 is 2.47 bits per heavy atom. The molecule has 0 radical (unpaired) electrons. The maximum absolute atomic E-state index is 12.5. The highest BCUT2D eigenvalue weighted by Gasteiger charge is 2.32. The van der Waals surface area contributed by atoms with E-state index >= 15 is 0 Å². The minimum atomic E-state index is 0.159. The highest BCUT2D eigenvalue weighted by Crippen LogP contribution is 2.21. The van der Waals surface area contributed by atoms with Crippen LogP contribution in [0.4, 0.5) is 0 Å². The van der Waals surface area contributed by atoms with Crippen LogP contribution in [0.15, 0.2) is 4.99 Å². The third-order valence-electron chi connectivity index (χ3n) is 4.49. The molecule has 0 aromatic rings. The van der Waals surface area contributed by atoms with Crippen molar-refractivity contribution in [2.75, 3.05) is 26.2 Å². The van der Waals surface area contributed by atoms with Gasteiger partial charge in [0.1, 0.15) is 0 Å². The Hall–Kier alpha value is -1.06. The number of aliphatic imine (C=N–C) groups is 1. The van der Waals surface area contributed by atoms with Gasteiger partial charge in [-0.15, -0.1) is 0 Å². The van der Waals surface area contributed by atoms with Gasteiger partial charge in [-0.2, -0.15) is 0 Å². The maximum atomic E-state index is 12.5. The first kappa shape index (κ1) is 14.4. The van der Waals surface area contributed by atoms with E-state index in [0.717, 1.165) is 50.9 Å². The highest BCUT2D eigenvalue weighted by atomic mass is 16.2. The Kier molecular flexibility index (Phi) is 4.83. The molecular weight excluding hydrogens is 238 g/mol. The van der Waals surface area contributed by atoms with Gasteiger partial charge < -0.3 is 4.90 Å². The molecule has 1 amide bonds. The van der Waals surface area contributed by atoms with Crippen LogP contribution < -0.4 is 0 Å². The van der Waals surface area contributed by atoms with Gasteiger partial charge in [0.05, 0.1) is 6.54 Å². The van der Waals surface area contributed by atoms with Gasteiger partial charge in [0.15, 0.2) is 0 Å². The summed E-state index contributed by atoms with van der Waals surface area (Å²) in [6, 6.07) is 0. The Balaban J connectivity index is 2.02. The van der Waals surface area contributed by atoms with Gasteiger partial charge in [0.25, 0.3) is 0 Å². The minimum Gasteiger partial charge on any atom is -0.342 e. The Labute approximate surface area is 116 Å². The lowest BCUT2D eigenvalue weighted by Crippen LogP contribution is -2.49. The van der Waals surface area contributed by atoms with E-state index in [1.807, 2.05) is 4.90 Å². The zero-order valence-corrected chi connectivity index (χ0v) is 12.6. The van der Waals surface area contributed by atoms with Crippen LogP contribution in [0.3, 0.4) is 0 Å². The molecule has 0 atom stereocenters. The molecule has 2 rings (SSSR count). The predicted molar refractivity (Wildman–Crippen MR) is 78.1 cm³/mol. The second-order valence-electron chi connectivity index (χ2n) is 5.85. The molecule has 0 unspecified atom stereocenters. The van der Waals surface area contributed by atoms with Crippen molar-refractivity contribution in [3.63, 3.8) is 0 Å². The quantitative estimate of drug-likeness (QED) is 0.785. The third kappa shape index (κ3) is 3.10. The molecule has 0 saturated carbocycles. The van der Waals surface area contributed by atoms with E-state index in [0.29, 0.717) is 0 Å². The molecule has 0 spiro atoms. The minimum absolute atomic E-state index is 0.159. The van der Waals surface area contributed by atoms with Crippen LogP contribution in [0.2, 0.25) is 0 Å². The van der Waals surface area contributed by atoms with Crippen molar-refractivity contribution < 1.29 is 4.79 Å². The molecule has 2 heterocycles. The standard InChI is InChI=1S/C15H27N3O/c1-4-13(5-2)14(19)18-11-8-16-15(18)17-9-6-12(3)7-10-17/h12-13H,4-11H2,1-3H3. The van der Waals surface area contributed by atoms with Gasteiger partial charge in [-0.1, -0.05) is 20.8 Å². The maximum Gasteiger partial charge on any atom is 0.232 e. The Morgan fingerprint density at radius 1 is 1.26 bits per heavy atom. The van der Waals surface area contributed by atoms with Crippen molar-refractivity contribution in [1.82, 2.24) is 9.80 Å². The van der Waals surface area contributed by atoms with Crippen molar-refractivity contribution in [2.24, 2.45) is 16.8 Å². The zero-order valence-electron chi connectivity index (χ0n) is 12.6. The van der Waals surface area contributed by atoms with E-state index in [4.69, 9.17) is 0 Å². The zero-order chi connectivity index (χ0) is 13.8. The molecule has 1 saturated heterocycles. The lowest BCUT2D eigenvalue weighted by Gasteiger charge is -2.35. The van der Waals surface area contributed by atoms with Crippen LogP contribution in [0, 0.1) is 11.8 Å². The van der Waals surface area contributed by atoms with E-state index in [1.54, 1.807) is 0 Å². The molecule has 108 valence electrons. The van der Waals surface area contributed by atoms with Gasteiger partial charge in [-0.3, -0.25) is 14.7 Å². The van der Waals surface area contributed by atoms with E-state index < -0.39 is 0 Å². The summed E-state index contributed by atoms with van der Waals surface area (Å²) in [6.07, 6.45) is 4.28. The molecule has 0 bridgehead atoms. The van der Waals surface area contributed by atoms with Crippen molar-refractivity contribution in [3.05, 3.63) is 0 Å². The molecular formula is C15H27N3O. The van der Waals surface area contributed by atoms with Crippen LogP contribution in [0.5, 0.6) is 0 Å². The molecule has 19 heavy (non-hydrogen) atoms. The summed E-state index contributed by atoms with van der Waals surface area (Å²) in [5.41, 5.74) is 0. The summed E-state index contributed by atoms with van der Waals surface area (Å²) in [5.74, 6) is 2.19. The number of rotatable bonds is 3. The van der Waals surface area contributed by atoms with Crippen molar-refractivity contribution in [3.8, 4) is 0 Å². The Bertz CT molecular complexity index is 341. The lowest BCUT2D eigenvalue weighted by molar-refractivity contribution is -0.131. The van der Waals surface area contributed by atoms with E-state index in [9.17, 15) is 4.79 Å². The summed E-state index contributed by atoms with van der Waals surface area (Å²) < 4.78 is 0. The monoisotopic (exact) mass is 265 g/mol. The largest absolute Gasteiger partial charge is 0.342 e. The molecule has 4 heteroatoms. The first-order chi connectivity index (χ1) is 9.17. The van der Waals surface area contributed by atoms with Gasteiger partial charge in [-0.05, 0) is 31.6 Å². The predicted octanol–water partition coefficient (Wildman–Crippen LogP) is 2.35. The summed E-state index contributed by atoms with van der Waals surface area (Å²) in [6.45, 7) is 10.1. The first-order valence-corrected chi connectivity index (χ1v) is 7.78. The average molecular weight is 265 g/mol. The number of piperidine rings is 1. The van der Waals surface area contributed by atoms with Gasteiger partial charge in [0.2, 0.25) is 11.9 Å². The molecule has 0 aromatic heterocycles. The number of guanidine groups is 1.